The maximum Gasteiger partial charge on any atom is 0.329 e. The first-order valence-corrected chi connectivity index (χ1v) is 10.0. The van der Waals surface area contributed by atoms with Crippen molar-refractivity contribution in [3.8, 4) is 11.8 Å². The zero-order valence-electron chi connectivity index (χ0n) is 17.5. The average molecular weight is 417 g/mol. The molecular weight excluding hydrogens is 394 g/mol. The van der Waals surface area contributed by atoms with Crippen LogP contribution in [0.25, 0.3) is 11.0 Å². The van der Waals surface area contributed by atoms with Crippen LogP contribution in [0, 0.1) is 11.3 Å². The number of rotatable bonds is 5. The van der Waals surface area contributed by atoms with E-state index in [0.29, 0.717) is 30.1 Å². The first-order chi connectivity index (χ1) is 15.2. The molecule has 0 bridgehead atoms. The third-order valence-corrected chi connectivity index (χ3v) is 5.42. The number of nitriles is 1. The number of hydrogen-bond donors (Lipinski definition) is 0. The van der Waals surface area contributed by atoms with Crippen molar-refractivity contribution in [3.05, 3.63) is 54.2 Å². The molecule has 158 valence electrons. The monoisotopic (exact) mass is 417 g/mol. The fourth-order valence-electron chi connectivity index (χ4n) is 3.82. The maximum atomic E-state index is 12.3. The van der Waals surface area contributed by atoms with E-state index in [0.717, 1.165) is 30.0 Å². The fourth-order valence-corrected chi connectivity index (χ4v) is 3.82. The largest absolute Gasteiger partial charge is 0.495 e. The lowest BCUT2D eigenvalue weighted by Crippen LogP contribution is -2.47. The van der Waals surface area contributed by atoms with Crippen LogP contribution in [-0.4, -0.2) is 56.3 Å². The Kier molecular flexibility index (Phi) is 5.85. The van der Waals surface area contributed by atoms with Crippen molar-refractivity contribution in [2.75, 3.05) is 50.2 Å². The Hall–Kier alpha value is -3.86. The zero-order valence-corrected chi connectivity index (χ0v) is 17.5. The summed E-state index contributed by atoms with van der Waals surface area (Å²) in [5.74, 6) is -0.391. The maximum absolute atomic E-state index is 12.3. The summed E-state index contributed by atoms with van der Waals surface area (Å²) in [5, 5.41) is 9.67. The van der Waals surface area contributed by atoms with Gasteiger partial charge in [-0.15, -0.1) is 0 Å². The molecule has 0 N–H and O–H groups in total. The highest BCUT2D eigenvalue weighted by atomic mass is 16.5. The molecule has 2 aromatic carbocycles. The van der Waals surface area contributed by atoms with Gasteiger partial charge < -0.3 is 19.3 Å². The molecule has 0 aliphatic carbocycles. The van der Waals surface area contributed by atoms with Crippen LogP contribution in [0.15, 0.2) is 48.5 Å². The van der Waals surface area contributed by atoms with Gasteiger partial charge in [-0.25, -0.2) is 9.97 Å². The first-order valence-electron chi connectivity index (χ1n) is 10.0. The second-order valence-electron chi connectivity index (χ2n) is 7.15. The molecule has 1 saturated heterocycles. The van der Waals surface area contributed by atoms with E-state index in [1.165, 1.54) is 7.11 Å². The van der Waals surface area contributed by atoms with Crippen LogP contribution in [0.3, 0.4) is 0 Å². The number of nitrogens with zero attached hydrogens (tertiary/aromatic N) is 5. The van der Waals surface area contributed by atoms with Gasteiger partial charge in [-0.3, -0.25) is 4.79 Å². The predicted octanol–water partition coefficient (Wildman–Crippen LogP) is 2.75. The Bertz CT molecular complexity index is 1140. The minimum Gasteiger partial charge on any atom is -0.495 e. The molecule has 1 aromatic heterocycles. The first kappa shape index (κ1) is 20.4. The Labute approximate surface area is 180 Å². The van der Waals surface area contributed by atoms with E-state index in [4.69, 9.17) is 14.5 Å². The molecule has 0 saturated carbocycles. The molecule has 0 amide bonds. The van der Waals surface area contributed by atoms with Gasteiger partial charge in [0.15, 0.2) is 11.7 Å². The standard InChI is InChI=1S/C23H23N5O3/c1-30-20-10-6-5-9-19(20)27-11-13-28(14-12-27)22-21(16(15-24)23(29)31-2)25-17-7-3-4-8-18(17)26-22/h3-10,16H,11-14H2,1-2H3/t16-/m0/s1. The number of piperazine rings is 1. The number of carbonyl (C=O) groups is 1. The van der Waals surface area contributed by atoms with E-state index in [9.17, 15) is 10.1 Å². The molecule has 4 rings (SSSR count). The summed E-state index contributed by atoms with van der Waals surface area (Å²) in [6.45, 7) is 2.81. The van der Waals surface area contributed by atoms with Crippen LogP contribution in [0.2, 0.25) is 0 Å². The Morgan fingerprint density at radius 3 is 2.23 bits per heavy atom. The molecule has 1 atom stereocenters. The summed E-state index contributed by atoms with van der Waals surface area (Å²) < 4.78 is 10.3. The summed E-state index contributed by atoms with van der Waals surface area (Å²) in [4.78, 5) is 26.0. The van der Waals surface area contributed by atoms with Crippen molar-refractivity contribution in [2.24, 2.45) is 0 Å². The number of methoxy groups -OCH3 is 2. The summed E-state index contributed by atoms with van der Waals surface area (Å²) >= 11 is 0. The van der Waals surface area contributed by atoms with Gasteiger partial charge in [-0.2, -0.15) is 5.26 Å². The second-order valence-corrected chi connectivity index (χ2v) is 7.15. The van der Waals surface area contributed by atoms with Crippen molar-refractivity contribution in [1.29, 1.82) is 5.26 Å². The highest BCUT2D eigenvalue weighted by molar-refractivity contribution is 5.85. The van der Waals surface area contributed by atoms with Crippen LogP contribution < -0.4 is 14.5 Å². The van der Waals surface area contributed by atoms with E-state index >= 15 is 0 Å². The molecule has 0 unspecified atom stereocenters. The number of ether oxygens (including phenoxy) is 2. The summed E-state index contributed by atoms with van der Waals surface area (Å²) in [5.41, 5.74) is 2.73. The topological polar surface area (TPSA) is 91.6 Å². The molecule has 0 radical (unpaired) electrons. The van der Waals surface area contributed by atoms with Gasteiger partial charge >= 0.3 is 5.97 Å². The van der Waals surface area contributed by atoms with Gasteiger partial charge in [-0.1, -0.05) is 24.3 Å². The highest BCUT2D eigenvalue weighted by Crippen LogP contribution is 2.31. The van der Waals surface area contributed by atoms with Crippen molar-refractivity contribution in [3.63, 3.8) is 0 Å². The van der Waals surface area contributed by atoms with Crippen LogP contribution >= 0.6 is 0 Å². The third kappa shape index (κ3) is 3.94. The zero-order chi connectivity index (χ0) is 21.8. The van der Waals surface area contributed by atoms with Crippen molar-refractivity contribution >= 4 is 28.5 Å². The van der Waals surface area contributed by atoms with E-state index < -0.39 is 11.9 Å². The second kappa shape index (κ2) is 8.88. The fraction of sp³-hybridized carbons (Fsp3) is 0.304. The number of fused-ring (bicyclic) bond motifs is 1. The van der Waals surface area contributed by atoms with E-state index in [2.05, 4.69) is 14.8 Å². The predicted molar refractivity (Wildman–Crippen MR) is 117 cm³/mol. The summed E-state index contributed by atoms with van der Waals surface area (Å²) in [6.07, 6.45) is 0. The van der Waals surface area contributed by atoms with Crippen molar-refractivity contribution < 1.29 is 14.3 Å². The normalized spacial score (nSPS) is 14.7. The molecule has 8 heteroatoms. The van der Waals surface area contributed by atoms with Crippen molar-refractivity contribution in [2.45, 2.75) is 5.92 Å². The van der Waals surface area contributed by atoms with E-state index in [1.54, 1.807) is 7.11 Å². The Morgan fingerprint density at radius 1 is 0.968 bits per heavy atom. The lowest BCUT2D eigenvalue weighted by Gasteiger charge is -2.37. The Balaban J connectivity index is 1.67. The minimum atomic E-state index is -1.13. The molecule has 1 fully saturated rings. The van der Waals surface area contributed by atoms with Gasteiger partial charge in [0.05, 0.1) is 37.0 Å². The van der Waals surface area contributed by atoms with Gasteiger partial charge in [0, 0.05) is 26.2 Å². The Morgan fingerprint density at radius 2 is 1.58 bits per heavy atom. The van der Waals surface area contributed by atoms with Gasteiger partial charge in [0.2, 0.25) is 0 Å². The number of carbonyl (C=O) groups excluding carboxylic acids is 1. The number of esters is 1. The lowest BCUT2D eigenvalue weighted by molar-refractivity contribution is -0.141. The molecule has 8 nitrogen and oxygen atoms in total. The lowest BCUT2D eigenvalue weighted by atomic mass is 10.1. The van der Waals surface area contributed by atoms with Crippen LogP contribution in [0.5, 0.6) is 5.75 Å². The van der Waals surface area contributed by atoms with Crippen LogP contribution in [0.4, 0.5) is 11.5 Å². The van der Waals surface area contributed by atoms with Crippen molar-refractivity contribution in [1.82, 2.24) is 9.97 Å². The number of para-hydroxylation sites is 4. The van der Waals surface area contributed by atoms with Gasteiger partial charge in [-0.05, 0) is 24.3 Å². The molecule has 0 spiro atoms. The van der Waals surface area contributed by atoms with Gasteiger partial charge in [0.1, 0.15) is 11.4 Å². The molecule has 2 heterocycles. The van der Waals surface area contributed by atoms with Gasteiger partial charge in [0.25, 0.3) is 0 Å². The number of hydrogen-bond acceptors (Lipinski definition) is 8. The smallest absolute Gasteiger partial charge is 0.329 e. The summed E-state index contributed by atoms with van der Waals surface area (Å²) in [6, 6.07) is 17.4. The minimum absolute atomic E-state index is 0.332. The molecule has 1 aliphatic rings. The average Bonchev–Trinajstić information content (AvgIpc) is 2.84. The van der Waals surface area contributed by atoms with Crippen LogP contribution in [-0.2, 0) is 9.53 Å². The highest BCUT2D eigenvalue weighted by Gasteiger charge is 2.31. The number of benzene rings is 2. The number of anilines is 2. The SMILES string of the molecule is COC(=O)[C@@H](C#N)c1nc2ccccc2nc1N1CCN(c2ccccc2OC)CC1. The molecular formula is C23H23N5O3. The molecule has 31 heavy (non-hydrogen) atoms. The van der Waals surface area contributed by atoms with E-state index in [-0.39, 0.29) is 0 Å². The number of aromatic nitrogens is 2. The molecule has 3 aromatic rings. The molecule has 1 aliphatic heterocycles. The van der Waals surface area contributed by atoms with E-state index in [1.807, 2.05) is 54.6 Å². The summed E-state index contributed by atoms with van der Waals surface area (Å²) in [7, 11) is 2.94. The quantitative estimate of drug-likeness (QED) is 0.585. The third-order valence-electron chi connectivity index (χ3n) is 5.42. The van der Waals surface area contributed by atoms with Crippen LogP contribution in [0.1, 0.15) is 11.6 Å².